The largest absolute Gasteiger partial charge is 0.476 e. The van der Waals surface area contributed by atoms with Crippen molar-refractivity contribution in [1.82, 2.24) is 20.3 Å². The number of carbonyl (C=O) groups is 2. The highest BCUT2D eigenvalue weighted by Crippen LogP contribution is 2.32. The van der Waals surface area contributed by atoms with Gasteiger partial charge in [0, 0.05) is 13.0 Å². The van der Waals surface area contributed by atoms with Crippen molar-refractivity contribution in [3.05, 3.63) is 46.3 Å². The summed E-state index contributed by atoms with van der Waals surface area (Å²) in [6.45, 7) is 4.72. The Morgan fingerprint density at radius 1 is 1.24 bits per heavy atom. The van der Waals surface area contributed by atoms with Gasteiger partial charge in [-0.05, 0) is 38.7 Å². The number of hydrogen-bond acceptors (Lipinski definition) is 4. The van der Waals surface area contributed by atoms with E-state index in [2.05, 4.69) is 33.6 Å². The Balaban J connectivity index is 1.70. The van der Waals surface area contributed by atoms with E-state index in [4.69, 9.17) is 0 Å². The monoisotopic (exact) mass is 342 g/mol. The summed E-state index contributed by atoms with van der Waals surface area (Å²) in [6, 6.07) is 6.00. The molecule has 1 aliphatic rings. The highest BCUT2D eigenvalue weighted by Gasteiger charge is 2.34. The van der Waals surface area contributed by atoms with Crippen LogP contribution in [0.4, 0.5) is 0 Å². The van der Waals surface area contributed by atoms with Crippen LogP contribution in [0.1, 0.15) is 58.2 Å². The smallest absolute Gasteiger partial charge is 0.358 e. The highest BCUT2D eigenvalue weighted by atomic mass is 16.4. The fraction of sp³-hybridized carbons (Fsp3) is 0.444. The number of benzene rings is 1. The van der Waals surface area contributed by atoms with Crippen LogP contribution in [0.5, 0.6) is 0 Å². The lowest BCUT2D eigenvalue weighted by Gasteiger charge is -2.23. The predicted molar refractivity (Wildman–Crippen MR) is 91.3 cm³/mol. The maximum absolute atomic E-state index is 12.7. The van der Waals surface area contributed by atoms with Crippen LogP contribution in [0.25, 0.3) is 0 Å². The number of likely N-dealkylation sites (tertiary alicyclic amines) is 1. The van der Waals surface area contributed by atoms with Gasteiger partial charge < -0.3 is 10.0 Å². The Labute approximate surface area is 146 Å². The van der Waals surface area contributed by atoms with Gasteiger partial charge in [0.2, 0.25) is 5.91 Å². The number of aromatic nitrogens is 3. The van der Waals surface area contributed by atoms with E-state index in [1.807, 2.05) is 13.8 Å². The van der Waals surface area contributed by atoms with E-state index in [1.165, 1.54) is 11.1 Å². The zero-order valence-corrected chi connectivity index (χ0v) is 14.5. The molecule has 3 rings (SSSR count). The third kappa shape index (κ3) is 3.70. The zero-order valence-electron chi connectivity index (χ0n) is 14.5. The van der Waals surface area contributed by atoms with E-state index < -0.39 is 5.97 Å². The first-order chi connectivity index (χ1) is 12.0. The number of aromatic amines is 1. The van der Waals surface area contributed by atoms with Crippen molar-refractivity contribution in [2.45, 2.75) is 45.6 Å². The molecule has 1 aromatic heterocycles. The van der Waals surface area contributed by atoms with Gasteiger partial charge in [0.1, 0.15) is 5.69 Å². The molecule has 1 saturated heterocycles. The Kier molecular flexibility index (Phi) is 4.83. The highest BCUT2D eigenvalue weighted by molar-refractivity contribution is 5.87. The third-order valence-electron chi connectivity index (χ3n) is 4.58. The standard InChI is InChI=1S/C18H22N4O3/c1-11-8-12(2)10-13(9-11)5-6-15(23)22-7-3-4-14(22)16-17(18(24)25)20-21-19-16/h8-10,14H,3-7H2,1-2H3,(H,24,25)(H,19,20,21). The van der Waals surface area contributed by atoms with E-state index in [-0.39, 0.29) is 17.6 Å². The van der Waals surface area contributed by atoms with E-state index in [0.29, 0.717) is 31.5 Å². The van der Waals surface area contributed by atoms with Crippen molar-refractivity contribution in [1.29, 1.82) is 0 Å². The van der Waals surface area contributed by atoms with Gasteiger partial charge in [-0.1, -0.05) is 29.3 Å². The molecule has 1 fully saturated rings. The number of H-pyrrole nitrogens is 1. The topological polar surface area (TPSA) is 99.2 Å². The molecule has 1 aliphatic heterocycles. The van der Waals surface area contributed by atoms with Crippen molar-refractivity contribution in [2.75, 3.05) is 6.54 Å². The van der Waals surface area contributed by atoms with Gasteiger partial charge in [-0.3, -0.25) is 4.79 Å². The maximum Gasteiger partial charge on any atom is 0.358 e. The summed E-state index contributed by atoms with van der Waals surface area (Å²) in [4.78, 5) is 25.7. The second kappa shape index (κ2) is 7.04. The molecule has 0 spiro atoms. The van der Waals surface area contributed by atoms with Crippen molar-refractivity contribution in [2.24, 2.45) is 0 Å². The molecule has 1 amide bonds. The number of hydrogen-bond donors (Lipinski definition) is 2. The van der Waals surface area contributed by atoms with Gasteiger partial charge in [-0.25, -0.2) is 4.79 Å². The molecular weight excluding hydrogens is 320 g/mol. The SMILES string of the molecule is Cc1cc(C)cc(CCC(=O)N2CCCC2c2n[nH]nc2C(=O)O)c1. The third-order valence-corrected chi connectivity index (χ3v) is 4.58. The van der Waals surface area contributed by atoms with Gasteiger partial charge in [0.05, 0.1) is 6.04 Å². The summed E-state index contributed by atoms with van der Waals surface area (Å²) in [6.07, 6.45) is 2.63. The lowest BCUT2D eigenvalue weighted by molar-refractivity contribution is -0.132. The number of carboxylic acids is 1. The maximum atomic E-state index is 12.7. The molecule has 2 N–H and O–H groups in total. The van der Waals surface area contributed by atoms with Crippen LogP contribution >= 0.6 is 0 Å². The molecule has 25 heavy (non-hydrogen) atoms. The Morgan fingerprint density at radius 2 is 1.96 bits per heavy atom. The summed E-state index contributed by atoms with van der Waals surface area (Å²) in [5, 5.41) is 19.3. The van der Waals surface area contributed by atoms with E-state index in [0.717, 1.165) is 12.0 Å². The number of carbonyl (C=O) groups excluding carboxylic acids is 1. The fourth-order valence-corrected chi connectivity index (χ4v) is 3.59. The summed E-state index contributed by atoms with van der Waals surface area (Å²) in [5.41, 5.74) is 3.78. The molecule has 7 nitrogen and oxygen atoms in total. The molecule has 1 atom stereocenters. The summed E-state index contributed by atoms with van der Waals surface area (Å²) >= 11 is 0. The first-order valence-corrected chi connectivity index (χ1v) is 8.46. The molecule has 2 aromatic rings. The molecular formula is C18H22N4O3. The molecule has 0 aliphatic carbocycles. The van der Waals surface area contributed by atoms with Crippen molar-refractivity contribution < 1.29 is 14.7 Å². The summed E-state index contributed by atoms with van der Waals surface area (Å²) in [7, 11) is 0. The number of amides is 1. The van der Waals surface area contributed by atoms with E-state index in [1.54, 1.807) is 4.90 Å². The molecule has 1 aromatic carbocycles. The first kappa shape index (κ1) is 17.1. The fourth-order valence-electron chi connectivity index (χ4n) is 3.59. The Bertz CT molecular complexity index is 779. The quantitative estimate of drug-likeness (QED) is 0.869. The molecule has 7 heteroatoms. The van der Waals surface area contributed by atoms with E-state index in [9.17, 15) is 14.7 Å². The average molecular weight is 342 g/mol. The van der Waals surface area contributed by atoms with Crippen LogP contribution in [0.2, 0.25) is 0 Å². The lowest BCUT2D eigenvalue weighted by atomic mass is 10.0. The van der Waals surface area contributed by atoms with Gasteiger partial charge in [-0.2, -0.15) is 10.3 Å². The number of nitrogens with one attached hydrogen (secondary N) is 1. The lowest BCUT2D eigenvalue weighted by Crippen LogP contribution is -2.31. The summed E-state index contributed by atoms with van der Waals surface area (Å²) in [5.74, 6) is -1.10. The van der Waals surface area contributed by atoms with Crippen LogP contribution in [0.3, 0.4) is 0 Å². The average Bonchev–Trinajstić information content (AvgIpc) is 3.19. The van der Waals surface area contributed by atoms with E-state index >= 15 is 0 Å². The number of nitrogens with zero attached hydrogens (tertiary/aromatic N) is 3. The van der Waals surface area contributed by atoms with Crippen LogP contribution in [0, 0.1) is 13.8 Å². The predicted octanol–water partition coefficient (Wildman–Crippen LogP) is 2.42. The zero-order chi connectivity index (χ0) is 18.0. The second-order valence-corrected chi connectivity index (χ2v) is 6.60. The van der Waals surface area contributed by atoms with Gasteiger partial charge in [0.15, 0.2) is 5.69 Å². The van der Waals surface area contributed by atoms with Crippen molar-refractivity contribution in [3.63, 3.8) is 0 Å². The molecule has 0 bridgehead atoms. The van der Waals surface area contributed by atoms with Crippen LogP contribution in [-0.4, -0.2) is 43.8 Å². The van der Waals surface area contributed by atoms with Crippen LogP contribution in [-0.2, 0) is 11.2 Å². The number of aryl methyl sites for hydroxylation is 3. The molecule has 2 heterocycles. The van der Waals surface area contributed by atoms with Crippen LogP contribution < -0.4 is 0 Å². The minimum atomic E-state index is -1.13. The minimum absolute atomic E-state index is 0.0287. The van der Waals surface area contributed by atoms with Gasteiger partial charge in [0.25, 0.3) is 0 Å². The van der Waals surface area contributed by atoms with Crippen molar-refractivity contribution in [3.8, 4) is 0 Å². The normalized spacial score (nSPS) is 17.0. The first-order valence-electron chi connectivity index (χ1n) is 8.46. The van der Waals surface area contributed by atoms with Crippen molar-refractivity contribution >= 4 is 11.9 Å². The molecule has 1 unspecified atom stereocenters. The minimum Gasteiger partial charge on any atom is -0.476 e. The summed E-state index contributed by atoms with van der Waals surface area (Å²) < 4.78 is 0. The number of aromatic carboxylic acids is 1. The molecule has 0 saturated carbocycles. The van der Waals surface area contributed by atoms with Gasteiger partial charge in [-0.15, -0.1) is 5.10 Å². The molecule has 132 valence electrons. The van der Waals surface area contributed by atoms with Gasteiger partial charge >= 0.3 is 5.97 Å². The second-order valence-electron chi connectivity index (χ2n) is 6.60. The molecule has 0 radical (unpaired) electrons. The Hall–Kier alpha value is -2.70. The number of rotatable bonds is 5. The van der Waals surface area contributed by atoms with Crippen LogP contribution in [0.15, 0.2) is 18.2 Å². The Morgan fingerprint density at radius 3 is 2.64 bits per heavy atom. The number of carboxylic acid groups (broad SMARTS) is 1.